The first-order chi connectivity index (χ1) is 18.0. The van der Waals surface area contributed by atoms with Crippen LogP contribution < -0.4 is 15.5 Å². The predicted octanol–water partition coefficient (Wildman–Crippen LogP) is 3.34. The third-order valence-electron chi connectivity index (χ3n) is 7.34. The minimum Gasteiger partial charge on any atom is -0.444 e. The summed E-state index contributed by atoms with van der Waals surface area (Å²) in [6.07, 6.45) is 3.17. The molecule has 3 heterocycles. The summed E-state index contributed by atoms with van der Waals surface area (Å²) in [5.74, 6) is -1.67. The van der Waals surface area contributed by atoms with Crippen molar-refractivity contribution in [3.05, 3.63) is 23.8 Å². The van der Waals surface area contributed by atoms with Gasteiger partial charge in [0, 0.05) is 57.8 Å². The molecule has 3 amide bonds. The minimum absolute atomic E-state index is 0.0905. The lowest BCUT2D eigenvalue weighted by molar-refractivity contribution is -0.133. The summed E-state index contributed by atoms with van der Waals surface area (Å²) in [5, 5.41) is 4.93. The molecule has 0 bridgehead atoms. The van der Waals surface area contributed by atoms with E-state index in [2.05, 4.69) is 15.5 Å². The van der Waals surface area contributed by atoms with Crippen molar-refractivity contribution >= 4 is 29.3 Å². The number of hydrogen-bond donors (Lipinski definition) is 2. The summed E-state index contributed by atoms with van der Waals surface area (Å²) in [6, 6.07) is 1.48. The first kappa shape index (κ1) is 28.1. The second kappa shape index (κ2) is 11.8. The molecule has 3 aliphatic rings. The van der Waals surface area contributed by atoms with Gasteiger partial charge in [-0.2, -0.15) is 0 Å². The van der Waals surface area contributed by atoms with E-state index in [-0.39, 0.29) is 36.2 Å². The number of piperazine rings is 1. The number of nitrogens with zero attached hydrogens (tertiary/aromatic N) is 3. The van der Waals surface area contributed by atoms with Crippen molar-refractivity contribution in [3.8, 4) is 0 Å². The van der Waals surface area contributed by atoms with Crippen LogP contribution in [0, 0.1) is 17.6 Å². The molecule has 0 aliphatic carbocycles. The number of carbonyl (C=O) groups excluding carboxylic acids is 3. The van der Waals surface area contributed by atoms with Gasteiger partial charge in [0.15, 0.2) is 0 Å². The van der Waals surface area contributed by atoms with Crippen LogP contribution in [-0.2, 0) is 14.3 Å². The van der Waals surface area contributed by atoms with E-state index >= 15 is 0 Å². The smallest absolute Gasteiger partial charge is 0.410 e. The van der Waals surface area contributed by atoms with E-state index < -0.39 is 29.2 Å². The third kappa shape index (κ3) is 7.33. The van der Waals surface area contributed by atoms with E-state index in [1.807, 2.05) is 30.6 Å². The number of piperidine rings is 2. The van der Waals surface area contributed by atoms with E-state index in [0.29, 0.717) is 25.6 Å². The first-order valence-corrected chi connectivity index (χ1v) is 13.5. The fraction of sp³-hybridized carbons (Fsp3) is 0.667. The van der Waals surface area contributed by atoms with Crippen LogP contribution in [-0.4, -0.2) is 85.2 Å². The van der Waals surface area contributed by atoms with Crippen LogP contribution in [0.1, 0.15) is 52.9 Å². The molecule has 0 spiro atoms. The van der Waals surface area contributed by atoms with Crippen molar-refractivity contribution in [2.24, 2.45) is 5.92 Å². The maximum absolute atomic E-state index is 15.0. The van der Waals surface area contributed by atoms with Crippen LogP contribution in [0.15, 0.2) is 12.1 Å². The molecule has 4 rings (SSSR count). The lowest BCUT2D eigenvalue weighted by Gasteiger charge is -2.38. The molecule has 11 heteroatoms. The van der Waals surface area contributed by atoms with Gasteiger partial charge in [-0.05, 0) is 58.9 Å². The number of halogens is 2. The number of imide groups is 1. The van der Waals surface area contributed by atoms with E-state index in [1.54, 1.807) is 0 Å². The number of amides is 3. The van der Waals surface area contributed by atoms with Crippen LogP contribution in [0.25, 0.3) is 0 Å². The average molecular weight is 536 g/mol. The Balaban J connectivity index is 1.25. The van der Waals surface area contributed by atoms with E-state index in [4.69, 9.17) is 4.74 Å². The van der Waals surface area contributed by atoms with Crippen molar-refractivity contribution in [2.45, 2.75) is 64.5 Å². The molecule has 1 aromatic rings. The maximum atomic E-state index is 15.0. The van der Waals surface area contributed by atoms with Gasteiger partial charge in [-0.3, -0.25) is 19.8 Å². The Bertz CT molecular complexity index is 1040. The highest BCUT2D eigenvalue weighted by atomic mass is 19.1. The van der Waals surface area contributed by atoms with E-state index in [1.165, 1.54) is 6.07 Å². The SMILES string of the molecule is CC(C)(C)OC(=O)N1CCCC(CCN2CCN(c3cc(F)c(NC4CCC(=O)NC4=O)cc3F)CC2)C1. The maximum Gasteiger partial charge on any atom is 0.410 e. The Morgan fingerprint density at radius 2 is 1.82 bits per heavy atom. The van der Waals surface area contributed by atoms with Crippen LogP contribution in [0.4, 0.5) is 25.0 Å². The number of carbonyl (C=O) groups is 3. The number of anilines is 2. The molecular weight excluding hydrogens is 496 g/mol. The van der Waals surface area contributed by atoms with Gasteiger partial charge >= 0.3 is 6.09 Å². The fourth-order valence-electron chi connectivity index (χ4n) is 5.28. The predicted molar refractivity (Wildman–Crippen MR) is 140 cm³/mol. The van der Waals surface area contributed by atoms with Crippen molar-refractivity contribution in [3.63, 3.8) is 0 Å². The van der Waals surface area contributed by atoms with Crippen molar-refractivity contribution in [1.29, 1.82) is 0 Å². The fourth-order valence-corrected chi connectivity index (χ4v) is 5.28. The molecule has 210 valence electrons. The van der Waals surface area contributed by atoms with Gasteiger partial charge in [0.2, 0.25) is 11.8 Å². The van der Waals surface area contributed by atoms with Crippen molar-refractivity contribution < 1.29 is 27.9 Å². The number of benzene rings is 1. The number of hydrogen-bond acceptors (Lipinski definition) is 7. The highest BCUT2D eigenvalue weighted by Gasteiger charge is 2.30. The zero-order chi connectivity index (χ0) is 27.4. The van der Waals surface area contributed by atoms with Crippen LogP contribution in [0.2, 0.25) is 0 Å². The van der Waals surface area contributed by atoms with Gasteiger partial charge in [-0.1, -0.05) is 0 Å². The summed E-state index contributed by atoms with van der Waals surface area (Å²) < 4.78 is 35.3. The van der Waals surface area contributed by atoms with Gasteiger partial charge in [0.25, 0.3) is 0 Å². The average Bonchev–Trinajstić information content (AvgIpc) is 2.86. The van der Waals surface area contributed by atoms with Crippen LogP contribution >= 0.6 is 0 Å². The molecule has 0 saturated carbocycles. The normalized spacial score (nSPS) is 23.3. The monoisotopic (exact) mass is 535 g/mol. The molecule has 0 aromatic heterocycles. The van der Waals surface area contributed by atoms with E-state index in [0.717, 1.165) is 51.5 Å². The first-order valence-electron chi connectivity index (χ1n) is 13.5. The molecule has 0 radical (unpaired) electrons. The summed E-state index contributed by atoms with van der Waals surface area (Å²) in [4.78, 5) is 41.7. The molecule has 2 N–H and O–H groups in total. The van der Waals surface area contributed by atoms with Crippen LogP contribution in [0.3, 0.4) is 0 Å². The molecule has 1 aromatic carbocycles. The topological polar surface area (TPSA) is 94.2 Å². The Hall–Kier alpha value is -2.95. The van der Waals surface area contributed by atoms with Crippen molar-refractivity contribution in [1.82, 2.24) is 15.1 Å². The second-order valence-electron chi connectivity index (χ2n) is 11.5. The van der Waals surface area contributed by atoms with Gasteiger partial charge in [0.05, 0.1) is 11.4 Å². The zero-order valence-electron chi connectivity index (χ0n) is 22.5. The standard InChI is InChI=1S/C27H39F2N5O4/c1-27(2,3)38-26(37)34-9-4-5-18(17-34)8-10-32-11-13-33(14-12-32)23-16-19(28)22(15-20(23)29)30-21-6-7-24(35)31-25(21)36/h15-16,18,21,30H,4-14,17H2,1-3H3,(H,31,35,36). The number of ether oxygens (including phenoxy) is 1. The number of rotatable bonds is 6. The van der Waals surface area contributed by atoms with Crippen LogP contribution in [0.5, 0.6) is 0 Å². The lowest BCUT2D eigenvalue weighted by atomic mass is 9.94. The number of nitrogens with one attached hydrogen (secondary N) is 2. The summed E-state index contributed by atoms with van der Waals surface area (Å²) in [5.41, 5.74) is -0.389. The van der Waals surface area contributed by atoms with Gasteiger partial charge < -0.3 is 19.9 Å². The molecular formula is C27H39F2N5O4. The van der Waals surface area contributed by atoms with Gasteiger partial charge in [0.1, 0.15) is 23.3 Å². The molecule has 2 unspecified atom stereocenters. The highest BCUT2D eigenvalue weighted by molar-refractivity contribution is 6.01. The van der Waals surface area contributed by atoms with E-state index in [9.17, 15) is 23.2 Å². The highest BCUT2D eigenvalue weighted by Crippen LogP contribution is 2.29. The Morgan fingerprint density at radius 3 is 2.50 bits per heavy atom. The molecule has 3 aliphatic heterocycles. The number of likely N-dealkylation sites (tertiary alicyclic amines) is 1. The third-order valence-corrected chi connectivity index (χ3v) is 7.34. The minimum atomic E-state index is -0.781. The molecule has 3 saturated heterocycles. The largest absolute Gasteiger partial charge is 0.444 e. The van der Waals surface area contributed by atoms with Gasteiger partial charge in [-0.25, -0.2) is 13.6 Å². The second-order valence-corrected chi connectivity index (χ2v) is 11.5. The summed E-state index contributed by atoms with van der Waals surface area (Å²) >= 11 is 0. The quantitative estimate of drug-likeness (QED) is 0.540. The molecule has 3 fully saturated rings. The Kier molecular flexibility index (Phi) is 8.74. The molecule has 9 nitrogen and oxygen atoms in total. The lowest BCUT2D eigenvalue weighted by Crippen LogP contribution is -2.48. The van der Waals surface area contributed by atoms with Crippen molar-refractivity contribution in [2.75, 3.05) is 56.0 Å². The zero-order valence-corrected chi connectivity index (χ0v) is 22.5. The molecule has 2 atom stereocenters. The summed E-state index contributed by atoms with van der Waals surface area (Å²) in [7, 11) is 0. The molecule has 38 heavy (non-hydrogen) atoms. The Morgan fingerprint density at radius 1 is 1.08 bits per heavy atom. The van der Waals surface area contributed by atoms with Gasteiger partial charge in [-0.15, -0.1) is 0 Å². The Labute approximate surface area is 222 Å². The summed E-state index contributed by atoms with van der Waals surface area (Å²) in [6.45, 7) is 10.6.